The summed E-state index contributed by atoms with van der Waals surface area (Å²) in [6, 6.07) is 32.8. The van der Waals surface area contributed by atoms with Crippen LogP contribution in [0.15, 0.2) is 124 Å². The van der Waals surface area contributed by atoms with Crippen molar-refractivity contribution >= 4 is 75.3 Å². The second-order valence-electron chi connectivity index (χ2n) is 11.8. The van der Waals surface area contributed by atoms with E-state index in [0.29, 0.717) is 33.2 Å². The van der Waals surface area contributed by atoms with E-state index in [2.05, 4.69) is 31.8 Å². The zero-order valence-corrected chi connectivity index (χ0v) is 30.9. The van der Waals surface area contributed by atoms with Crippen molar-refractivity contribution in [3.63, 3.8) is 0 Å². The molecule has 0 aliphatic heterocycles. The minimum Gasteiger partial charge on any atom is -0.383 e. The van der Waals surface area contributed by atoms with Crippen LogP contribution in [-0.4, -0.2) is 35.4 Å². The summed E-state index contributed by atoms with van der Waals surface area (Å²) < 4.78 is 39.4. The lowest BCUT2D eigenvalue weighted by Crippen LogP contribution is -2.07. The fourth-order valence-electron chi connectivity index (χ4n) is 5.43. The van der Waals surface area contributed by atoms with E-state index in [-0.39, 0.29) is 20.7 Å². The molecule has 0 saturated carbocycles. The van der Waals surface area contributed by atoms with E-state index in [1.165, 1.54) is 29.5 Å². The van der Waals surface area contributed by atoms with Crippen molar-refractivity contribution in [2.75, 3.05) is 23.4 Å². The average Bonchev–Trinajstić information content (AvgIpc) is 3.85. The minimum atomic E-state index is -3.64. The van der Waals surface area contributed by atoms with Crippen molar-refractivity contribution < 1.29 is 12.8 Å². The molecule has 8 rings (SSSR count). The molecule has 4 N–H and O–H groups in total. The molecule has 0 amide bonds. The number of fused-ring (bicyclic) bond motifs is 2. The third kappa shape index (κ3) is 7.20. The van der Waals surface area contributed by atoms with Crippen molar-refractivity contribution in [3.8, 4) is 47.5 Å². The molecule has 4 aromatic heterocycles. The minimum absolute atomic E-state index is 0.180. The highest BCUT2D eigenvalue weighted by Gasteiger charge is 2.22. The number of aromatic nitrogens is 4. The van der Waals surface area contributed by atoms with Gasteiger partial charge in [0.25, 0.3) is 0 Å². The van der Waals surface area contributed by atoms with Gasteiger partial charge in [0.05, 0.1) is 20.7 Å². The number of halogens is 1. The number of sulfone groups is 1. The van der Waals surface area contributed by atoms with Crippen molar-refractivity contribution in [1.82, 2.24) is 19.9 Å². The van der Waals surface area contributed by atoms with Crippen LogP contribution in [-0.2, 0) is 9.84 Å². The molecule has 0 radical (unpaired) electrons. The van der Waals surface area contributed by atoms with Gasteiger partial charge < -0.3 is 16.4 Å². The van der Waals surface area contributed by atoms with Gasteiger partial charge in [-0.05, 0) is 66.7 Å². The maximum atomic E-state index is 13.5. The van der Waals surface area contributed by atoms with Crippen molar-refractivity contribution in [1.29, 1.82) is 0 Å². The lowest BCUT2D eigenvalue weighted by atomic mass is 10.1. The number of terminal acetylenes is 2. The number of hydrogen-bond donors (Lipinski definition) is 2. The molecule has 0 aliphatic rings. The van der Waals surface area contributed by atoms with Gasteiger partial charge in [0.15, 0.2) is 11.6 Å². The molecule has 0 aliphatic carbocycles. The van der Waals surface area contributed by atoms with Gasteiger partial charge in [-0.3, -0.25) is 0 Å². The van der Waals surface area contributed by atoms with E-state index in [1.807, 2.05) is 60.5 Å². The highest BCUT2D eigenvalue weighted by Crippen LogP contribution is 2.38. The Kier molecular flexibility index (Phi) is 9.78. The largest absolute Gasteiger partial charge is 0.383 e. The van der Waals surface area contributed by atoms with Crippen LogP contribution >= 0.6 is 22.7 Å². The number of hydrogen-bond acceptors (Lipinski definition) is 11. The Bertz CT molecular complexity index is 2900. The van der Waals surface area contributed by atoms with Crippen LogP contribution in [0.1, 0.15) is 11.1 Å². The monoisotopic (exact) mass is 765 g/mol. The maximum Gasteiger partial charge on any atom is 0.216 e. The van der Waals surface area contributed by atoms with Crippen LogP contribution in [0.25, 0.3) is 43.2 Å². The molecule has 0 bridgehead atoms. The van der Waals surface area contributed by atoms with E-state index in [4.69, 9.17) is 24.3 Å². The Morgan fingerprint density at radius 3 is 1.80 bits per heavy atom. The van der Waals surface area contributed by atoms with E-state index in [0.717, 1.165) is 48.9 Å². The molecule has 54 heavy (non-hydrogen) atoms. The first-order valence-electron chi connectivity index (χ1n) is 16.1. The van der Waals surface area contributed by atoms with Crippen LogP contribution in [0.5, 0.6) is 0 Å². The van der Waals surface area contributed by atoms with Crippen LogP contribution in [0.2, 0.25) is 0 Å². The molecule has 0 saturated heterocycles. The van der Waals surface area contributed by atoms with E-state index in [9.17, 15) is 12.8 Å². The number of benzene rings is 4. The molecule has 4 heterocycles. The molecule has 264 valence electrons. The van der Waals surface area contributed by atoms with Crippen molar-refractivity contribution in [3.05, 3.63) is 132 Å². The molecular weight excluding hydrogens is 738 g/mol. The number of thiophene rings is 2. The number of rotatable bonds is 6. The molecule has 0 spiro atoms. The van der Waals surface area contributed by atoms with Gasteiger partial charge in [-0.25, -0.2) is 32.7 Å². The molecule has 0 fully saturated rings. The van der Waals surface area contributed by atoms with Gasteiger partial charge in [0.1, 0.15) is 31.3 Å². The van der Waals surface area contributed by atoms with Crippen LogP contribution in [0, 0.1) is 30.5 Å². The standard InChI is InChI=1S/C21H15FN4S.C20H13N3O2S2/c1-3-13-6-4-7-14(10-13)20-24-19(23)17-12-18(27-21(17)25-20)26(2)16-9-5-8-15(22)11-16;1-2-13-7-6-8-14(11-13)19-22-18(21)16-12-17(26-20(16)23-19)27(24,25)15-9-4-3-5-10-15/h1,4-12H,2H3,(H2,23,24,25);1,3-12H,(H2,21,22,23). The van der Waals surface area contributed by atoms with Gasteiger partial charge >= 0.3 is 0 Å². The maximum absolute atomic E-state index is 13.5. The number of nitrogens with zero attached hydrogens (tertiary/aromatic N) is 5. The summed E-state index contributed by atoms with van der Waals surface area (Å²) >= 11 is 2.54. The quantitative estimate of drug-likeness (QED) is 0.159. The second kappa shape index (κ2) is 14.8. The van der Waals surface area contributed by atoms with Crippen LogP contribution < -0.4 is 16.4 Å². The van der Waals surface area contributed by atoms with Gasteiger partial charge in [-0.15, -0.1) is 24.2 Å². The topological polar surface area (TPSA) is 141 Å². The summed E-state index contributed by atoms with van der Waals surface area (Å²) in [4.78, 5) is 21.3. The first kappa shape index (κ1) is 35.7. The molecule has 4 aromatic carbocycles. The summed E-state index contributed by atoms with van der Waals surface area (Å²) in [5.74, 6) is 6.45. The van der Waals surface area contributed by atoms with Crippen molar-refractivity contribution in [2.24, 2.45) is 0 Å². The Labute approximate surface area is 318 Å². The lowest BCUT2D eigenvalue weighted by Gasteiger charge is -2.16. The van der Waals surface area contributed by atoms with Gasteiger partial charge in [0, 0.05) is 35.0 Å². The number of anilines is 4. The zero-order chi connectivity index (χ0) is 38.0. The average molecular weight is 766 g/mol. The first-order valence-corrected chi connectivity index (χ1v) is 19.2. The lowest BCUT2D eigenvalue weighted by molar-refractivity contribution is 0.598. The SMILES string of the molecule is C#Cc1cccc(-c2nc(N)c3cc(N(C)c4cccc(F)c4)sc3n2)c1.C#Cc1cccc(-c2nc(N)c3cc(S(=O)(=O)c4ccccc4)sc3n2)c1. The molecule has 13 heteroatoms. The predicted molar refractivity (Wildman–Crippen MR) is 217 cm³/mol. The fraction of sp³-hybridized carbons (Fsp3) is 0.0244. The summed E-state index contributed by atoms with van der Waals surface area (Å²) in [6.45, 7) is 0. The smallest absolute Gasteiger partial charge is 0.216 e. The van der Waals surface area contributed by atoms with Gasteiger partial charge in [-0.2, -0.15) is 0 Å². The molecule has 8 aromatic rings. The van der Waals surface area contributed by atoms with E-state index < -0.39 is 9.84 Å². The van der Waals surface area contributed by atoms with Gasteiger partial charge in [0.2, 0.25) is 9.84 Å². The highest BCUT2D eigenvalue weighted by atomic mass is 32.2. The van der Waals surface area contributed by atoms with E-state index in [1.54, 1.807) is 48.5 Å². The zero-order valence-electron chi connectivity index (χ0n) is 28.4. The Morgan fingerprint density at radius 1 is 0.667 bits per heavy atom. The first-order chi connectivity index (χ1) is 26.0. The highest BCUT2D eigenvalue weighted by molar-refractivity contribution is 7.93. The molecule has 9 nitrogen and oxygen atoms in total. The Balaban J connectivity index is 0.000000167. The third-order valence-electron chi connectivity index (χ3n) is 8.23. The fourth-order valence-corrected chi connectivity index (χ4v) is 9.21. The number of nitrogens with two attached hydrogens (primary N) is 2. The van der Waals surface area contributed by atoms with Crippen LogP contribution in [0.4, 0.5) is 26.7 Å². The normalized spacial score (nSPS) is 11.0. The van der Waals surface area contributed by atoms with Crippen LogP contribution in [0.3, 0.4) is 0 Å². The third-order valence-corrected chi connectivity index (χ3v) is 12.6. The van der Waals surface area contributed by atoms with E-state index >= 15 is 0 Å². The Morgan fingerprint density at radius 2 is 1.22 bits per heavy atom. The summed E-state index contributed by atoms with van der Waals surface area (Å²) in [6.07, 6.45) is 10.9. The second-order valence-corrected chi connectivity index (χ2v) is 16.0. The molecular formula is C41H28FN7O2S3. The summed E-state index contributed by atoms with van der Waals surface area (Å²) in [5.41, 5.74) is 16.0. The summed E-state index contributed by atoms with van der Waals surface area (Å²) in [7, 11) is -1.76. The predicted octanol–water partition coefficient (Wildman–Crippen LogP) is 8.58. The van der Waals surface area contributed by atoms with Gasteiger partial charge in [-0.1, -0.05) is 71.7 Å². The molecule has 0 atom stereocenters. The summed E-state index contributed by atoms with van der Waals surface area (Å²) in [5, 5.41) is 2.19. The molecule has 0 unspecified atom stereocenters. The van der Waals surface area contributed by atoms with Crippen molar-refractivity contribution in [2.45, 2.75) is 9.10 Å². The number of nitrogen functional groups attached to an aromatic ring is 2. The Hall–Kier alpha value is -6.64.